The van der Waals surface area contributed by atoms with Gasteiger partial charge in [0.2, 0.25) is 0 Å². The normalized spacial score (nSPS) is 17.3. The minimum absolute atomic E-state index is 0.195. The Morgan fingerprint density at radius 2 is 1.15 bits per heavy atom. The first-order valence-electron chi connectivity index (χ1n) is 8.93. The summed E-state index contributed by atoms with van der Waals surface area (Å²) in [4.78, 5) is 0. The van der Waals surface area contributed by atoms with Gasteiger partial charge >= 0.3 is 0 Å². The van der Waals surface area contributed by atoms with Crippen LogP contribution in [-0.4, -0.2) is 19.0 Å². The van der Waals surface area contributed by atoms with Gasteiger partial charge in [0.1, 0.15) is 0 Å². The van der Waals surface area contributed by atoms with E-state index in [2.05, 4.69) is 23.7 Å². The predicted molar refractivity (Wildman–Crippen MR) is 104 cm³/mol. The molecule has 0 amide bonds. The van der Waals surface area contributed by atoms with Crippen LogP contribution in [0.2, 0.25) is 0 Å². The standard InChI is InChI=1S/C24H24O2/c1-23(2)25-19-24(20-26-23,17-9-15-21-11-5-3-6-12-21)18-10-16-22-13-7-4-8-14-22/h3-8,11-14H,17-20H2,1-2H3. The maximum Gasteiger partial charge on any atom is 0.162 e. The number of hydrogen-bond donors (Lipinski definition) is 0. The monoisotopic (exact) mass is 344 g/mol. The Kier molecular flexibility index (Phi) is 5.79. The summed E-state index contributed by atoms with van der Waals surface area (Å²) in [5.74, 6) is 12.6. The first kappa shape index (κ1) is 18.3. The van der Waals surface area contributed by atoms with E-state index in [9.17, 15) is 0 Å². The third kappa shape index (κ3) is 5.24. The zero-order chi connectivity index (χ0) is 18.3. The van der Waals surface area contributed by atoms with Crippen LogP contribution < -0.4 is 0 Å². The van der Waals surface area contributed by atoms with Gasteiger partial charge in [0, 0.05) is 29.4 Å². The average molecular weight is 344 g/mol. The van der Waals surface area contributed by atoms with Crippen LogP contribution in [0.4, 0.5) is 0 Å². The van der Waals surface area contributed by atoms with Gasteiger partial charge in [0.25, 0.3) is 0 Å². The van der Waals surface area contributed by atoms with Crippen molar-refractivity contribution in [1.82, 2.24) is 0 Å². The van der Waals surface area contributed by atoms with Gasteiger partial charge in [-0.1, -0.05) is 60.1 Å². The molecule has 1 aliphatic rings. The molecule has 0 spiro atoms. The van der Waals surface area contributed by atoms with Crippen LogP contribution >= 0.6 is 0 Å². The molecule has 1 saturated heterocycles. The molecule has 0 bridgehead atoms. The lowest BCUT2D eigenvalue weighted by atomic mass is 9.82. The zero-order valence-corrected chi connectivity index (χ0v) is 15.4. The minimum Gasteiger partial charge on any atom is -0.350 e. The van der Waals surface area contributed by atoms with Crippen molar-refractivity contribution in [2.24, 2.45) is 5.41 Å². The number of benzene rings is 2. The summed E-state index contributed by atoms with van der Waals surface area (Å²) in [5, 5.41) is 0. The van der Waals surface area contributed by atoms with E-state index in [0.717, 1.165) is 11.1 Å². The van der Waals surface area contributed by atoms with Gasteiger partial charge in [0.05, 0.1) is 13.2 Å². The molecule has 2 nitrogen and oxygen atoms in total. The Morgan fingerprint density at radius 1 is 0.731 bits per heavy atom. The molecule has 1 aliphatic heterocycles. The van der Waals surface area contributed by atoms with E-state index in [4.69, 9.17) is 9.47 Å². The van der Waals surface area contributed by atoms with E-state index in [1.54, 1.807) is 0 Å². The topological polar surface area (TPSA) is 18.5 Å². The van der Waals surface area contributed by atoms with E-state index < -0.39 is 5.79 Å². The second-order valence-corrected chi connectivity index (χ2v) is 7.17. The third-order valence-electron chi connectivity index (χ3n) is 4.39. The van der Waals surface area contributed by atoms with Crippen molar-refractivity contribution in [2.45, 2.75) is 32.5 Å². The van der Waals surface area contributed by atoms with Crippen molar-refractivity contribution < 1.29 is 9.47 Å². The Hall–Kier alpha value is -2.52. The summed E-state index contributed by atoms with van der Waals surface area (Å²) in [5.41, 5.74) is 1.85. The van der Waals surface area contributed by atoms with Crippen molar-refractivity contribution in [3.63, 3.8) is 0 Å². The Labute approximate surface area is 156 Å². The molecule has 0 atom stereocenters. The summed E-state index contributed by atoms with van der Waals surface area (Å²) in [6.07, 6.45) is 1.39. The fourth-order valence-electron chi connectivity index (χ4n) is 2.71. The van der Waals surface area contributed by atoms with Crippen molar-refractivity contribution in [3.05, 3.63) is 71.8 Å². The van der Waals surface area contributed by atoms with Crippen LogP contribution in [0.5, 0.6) is 0 Å². The molecule has 0 radical (unpaired) electrons. The van der Waals surface area contributed by atoms with Gasteiger partial charge in [-0.25, -0.2) is 0 Å². The van der Waals surface area contributed by atoms with Crippen molar-refractivity contribution >= 4 is 0 Å². The van der Waals surface area contributed by atoms with Gasteiger partial charge in [0.15, 0.2) is 5.79 Å². The number of hydrogen-bond acceptors (Lipinski definition) is 2. The van der Waals surface area contributed by atoms with Crippen molar-refractivity contribution in [1.29, 1.82) is 0 Å². The molecular weight excluding hydrogens is 320 g/mol. The molecular formula is C24H24O2. The summed E-state index contributed by atoms with van der Waals surface area (Å²) >= 11 is 0. The molecule has 0 N–H and O–H groups in total. The maximum atomic E-state index is 5.93. The first-order valence-corrected chi connectivity index (χ1v) is 8.93. The van der Waals surface area contributed by atoms with Crippen LogP contribution in [0, 0.1) is 29.1 Å². The summed E-state index contributed by atoms with van der Waals surface area (Å²) in [7, 11) is 0. The highest BCUT2D eigenvalue weighted by molar-refractivity contribution is 5.35. The van der Waals surface area contributed by atoms with Gasteiger partial charge in [-0.05, 0) is 38.1 Å². The van der Waals surface area contributed by atoms with E-state index in [-0.39, 0.29) is 5.41 Å². The van der Waals surface area contributed by atoms with Crippen LogP contribution in [0.25, 0.3) is 0 Å². The smallest absolute Gasteiger partial charge is 0.162 e. The molecule has 3 rings (SSSR count). The summed E-state index contributed by atoms with van der Waals surface area (Å²) in [6, 6.07) is 20.1. The third-order valence-corrected chi connectivity index (χ3v) is 4.39. The summed E-state index contributed by atoms with van der Waals surface area (Å²) in [6.45, 7) is 5.10. The average Bonchev–Trinajstić information content (AvgIpc) is 2.66. The molecule has 0 unspecified atom stereocenters. The predicted octanol–water partition coefficient (Wildman–Crippen LogP) is 4.64. The molecule has 0 aromatic heterocycles. The number of rotatable bonds is 2. The number of ether oxygens (including phenoxy) is 2. The second-order valence-electron chi connectivity index (χ2n) is 7.17. The SMILES string of the molecule is CC1(C)OCC(CC#Cc2ccccc2)(CC#Cc2ccccc2)CO1. The molecule has 26 heavy (non-hydrogen) atoms. The van der Waals surface area contributed by atoms with E-state index in [1.807, 2.05) is 74.5 Å². The van der Waals surface area contributed by atoms with E-state index >= 15 is 0 Å². The minimum atomic E-state index is -0.538. The highest BCUT2D eigenvalue weighted by Gasteiger charge is 2.39. The molecule has 1 heterocycles. The van der Waals surface area contributed by atoms with Crippen LogP contribution in [0.1, 0.15) is 37.8 Å². The van der Waals surface area contributed by atoms with Gasteiger partial charge < -0.3 is 9.47 Å². The largest absolute Gasteiger partial charge is 0.350 e. The second kappa shape index (κ2) is 8.24. The highest BCUT2D eigenvalue weighted by Crippen LogP contribution is 2.35. The van der Waals surface area contributed by atoms with Crippen molar-refractivity contribution in [2.75, 3.05) is 13.2 Å². The maximum absolute atomic E-state index is 5.93. The zero-order valence-electron chi connectivity index (χ0n) is 15.4. The van der Waals surface area contributed by atoms with Gasteiger partial charge in [-0.2, -0.15) is 0 Å². The quantitative estimate of drug-likeness (QED) is 0.739. The first-order chi connectivity index (χ1) is 12.6. The van der Waals surface area contributed by atoms with Gasteiger partial charge in [-0.3, -0.25) is 0 Å². The van der Waals surface area contributed by atoms with Gasteiger partial charge in [-0.15, -0.1) is 0 Å². The Bertz CT molecular complexity index is 758. The molecule has 132 valence electrons. The van der Waals surface area contributed by atoms with Crippen LogP contribution in [-0.2, 0) is 9.47 Å². The lowest BCUT2D eigenvalue weighted by Gasteiger charge is -2.41. The molecule has 1 fully saturated rings. The summed E-state index contributed by atoms with van der Waals surface area (Å²) < 4.78 is 11.9. The molecule has 2 aromatic rings. The van der Waals surface area contributed by atoms with Crippen LogP contribution in [0.3, 0.4) is 0 Å². The molecule has 0 aliphatic carbocycles. The molecule has 2 aromatic carbocycles. The molecule has 2 heteroatoms. The van der Waals surface area contributed by atoms with E-state index in [0.29, 0.717) is 26.1 Å². The fraction of sp³-hybridized carbons (Fsp3) is 0.333. The molecule has 0 saturated carbocycles. The van der Waals surface area contributed by atoms with Crippen LogP contribution in [0.15, 0.2) is 60.7 Å². The van der Waals surface area contributed by atoms with E-state index in [1.165, 1.54) is 0 Å². The highest BCUT2D eigenvalue weighted by atomic mass is 16.7. The Balaban J connectivity index is 1.73. The van der Waals surface area contributed by atoms with Crippen molar-refractivity contribution in [3.8, 4) is 23.7 Å². The fourth-order valence-corrected chi connectivity index (χ4v) is 2.71. The lowest BCUT2D eigenvalue weighted by Crippen LogP contribution is -2.46. The lowest BCUT2D eigenvalue weighted by molar-refractivity contribution is -0.283. The Morgan fingerprint density at radius 3 is 1.58 bits per heavy atom.